The number of pyridine rings is 1. The number of benzene rings is 1. The molecule has 0 atom stereocenters. The van der Waals surface area contributed by atoms with Crippen LogP contribution >= 0.6 is 12.4 Å². The van der Waals surface area contributed by atoms with Crippen LogP contribution in [0.5, 0.6) is 0 Å². The summed E-state index contributed by atoms with van der Waals surface area (Å²) in [5.41, 5.74) is 17.3. The van der Waals surface area contributed by atoms with Gasteiger partial charge in [0.2, 0.25) is 5.95 Å². The Balaban J connectivity index is 0.00000182. The molecule has 25 heavy (non-hydrogen) atoms. The van der Waals surface area contributed by atoms with Gasteiger partial charge in [-0.3, -0.25) is 4.98 Å². The fourth-order valence-electron chi connectivity index (χ4n) is 3.11. The molecule has 0 bridgehead atoms. The molecule has 3 heterocycles. The molecule has 1 aliphatic heterocycles. The van der Waals surface area contributed by atoms with Crippen LogP contribution in [-0.2, 0) is 13.0 Å². The Hall–Kier alpha value is -2.86. The third-order valence-corrected chi connectivity index (χ3v) is 4.34. The molecule has 0 saturated carbocycles. The lowest BCUT2D eigenvalue weighted by Crippen LogP contribution is -2.21. The molecule has 7 heteroatoms. The van der Waals surface area contributed by atoms with Crippen LogP contribution in [0.3, 0.4) is 0 Å². The smallest absolute Gasteiger partial charge is 0.221 e. The monoisotopic (exact) mass is 354 g/mol. The molecule has 1 aromatic carbocycles. The minimum absolute atomic E-state index is 0. The van der Waals surface area contributed by atoms with Crippen LogP contribution < -0.4 is 16.4 Å². The fourth-order valence-corrected chi connectivity index (χ4v) is 3.11. The van der Waals surface area contributed by atoms with E-state index in [1.807, 2.05) is 12.3 Å². The van der Waals surface area contributed by atoms with Gasteiger partial charge in [-0.05, 0) is 41.3 Å². The largest absolute Gasteiger partial charge is 0.383 e. The minimum atomic E-state index is 0. The van der Waals surface area contributed by atoms with E-state index in [0.29, 0.717) is 12.4 Å². The Bertz CT molecular complexity index is 884. The number of halogens is 1. The molecule has 0 aliphatic carbocycles. The fraction of sp³-hybridized carbons (Fsp3) is 0.167. The zero-order valence-electron chi connectivity index (χ0n) is 13.6. The average Bonchev–Trinajstić information content (AvgIpc) is 3.00. The molecule has 128 valence electrons. The Morgan fingerprint density at radius 3 is 2.72 bits per heavy atom. The predicted molar refractivity (Wildman–Crippen MR) is 103 cm³/mol. The average molecular weight is 355 g/mol. The minimum Gasteiger partial charge on any atom is -0.383 e. The topological polar surface area (TPSA) is 94.0 Å². The molecule has 0 saturated heterocycles. The summed E-state index contributed by atoms with van der Waals surface area (Å²) in [7, 11) is 0. The van der Waals surface area contributed by atoms with Gasteiger partial charge < -0.3 is 16.4 Å². The lowest BCUT2D eigenvalue weighted by Gasteiger charge is -2.20. The number of fused-ring (bicyclic) bond motifs is 1. The van der Waals surface area contributed by atoms with Gasteiger partial charge in [0, 0.05) is 42.9 Å². The first-order valence-corrected chi connectivity index (χ1v) is 7.86. The van der Waals surface area contributed by atoms with Crippen molar-refractivity contribution in [3.05, 3.63) is 60.0 Å². The number of aromatic nitrogens is 3. The van der Waals surface area contributed by atoms with Gasteiger partial charge in [0.25, 0.3) is 0 Å². The molecule has 4 N–H and O–H groups in total. The van der Waals surface area contributed by atoms with Crippen molar-refractivity contribution in [3.63, 3.8) is 0 Å². The molecule has 0 amide bonds. The van der Waals surface area contributed by atoms with E-state index >= 15 is 0 Å². The second kappa shape index (κ2) is 6.94. The highest BCUT2D eigenvalue weighted by molar-refractivity contribution is 5.85. The van der Waals surface area contributed by atoms with E-state index in [4.69, 9.17) is 11.5 Å². The summed E-state index contributed by atoms with van der Waals surface area (Å²) in [6, 6.07) is 10.6. The van der Waals surface area contributed by atoms with Crippen LogP contribution in [0.4, 0.5) is 17.5 Å². The SMILES string of the molecule is Cl.Nc1ncc(CN2CCc3cc(-c4cccnc4)ccc32)c(N)n1. The van der Waals surface area contributed by atoms with Crippen LogP contribution in [0.25, 0.3) is 11.1 Å². The molecular formula is C18H19ClN6. The van der Waals surface area contributed by atoms with Crippen molar-refractivity contribution in [3.8, 4) is 11.1 Å². The van der Waals surface area contributed by atoms with Gasteiger partial charge in [0.1, 0.15) is 5.82 Å². The molecular weight excluding hydrogens is 336 g/mol. The Kier molecular flexibility index (Phi) is 4.72. The maximum atomic E-state index is 5.95. The Morgan fingerprint density at radius 1 is 1.08 bits per heavy atom. The predicted octanol–water partition coefficient (Wildman–Crippen LogP) is 2.69. The van der Waals surface area contributed by atoms with E-state index < -0.39 is 0 Å². The first-order chi connectivity index (χ1) is 11.7. The molecule has 4 rings (SSSR count). The van der Waals surface area contributed by atoms with Crippen LogP contribution in [0.15, 0.2) is 48.9 Å². The number of hydrogen-bond acceptors (Lipinski definition) is 6. The first-order valence-electron chi connectivity index (χ1n) is 7.86. The van der Waals surface area contributed by atoms with Gasteiger partial charge in [-0.15, -0.1) is 12.4 Å². The molecule has 0 spiro atoms. The normalized spacial score (nSPS) is 12.6. The maximum Gasteiger partial charge on any atom is 0.221 e. The highest BCUT2D eigenvalue weighted by atomic mass is 35.5. The molecule has 0 unspecified atom stereocenters. The Labute approximate surface area is 152 Å². The van der Waals surface area contributed by atoms with Crippen molar-refractivity contribution in [2.24, 2.45) is 0 Å². The zero-order chi connectivity index (χ0) is 16.5. The zero-order valence-corrected chi connectivity index (χ0v) is 14.4. The summed E-state index contributed by atoms with van der Waals surface area (Å²) in [5, 5.41) is 0. The van der Waals surface area contributed by atoms with Gasteiger partial charge >= 0.3 is 0 Å². The van der Waals surface area contributed by atoms with Crippen molar-refractivity contribution in [2.45, 2.75) is 13.0 Å². The molecule has 0 fully saturated rings. The van der Waals surface area contributed by atoms with Crippen LogP contribution in [0.1, 0.15) is 11.1 Å². The van der Waals surface area contributed by atoms with Crippen LogP contribution in [0.2, 0.25) is 0 Å². The van der Waals surface area contributed by atoms with Crippen molar-refractivity contribution < 1.29 is 0 Å². The van der Waals surface area contributed by atoms with Gasteiger partial charge in [0.15, 0.2) is 0 Å². The number of nitrogens with zero attached hydrogens (tertiary/aromatic N) is 4. The second-order valence-corrected chi connectivity index (χ2v) is 5.90. The standard InChI is InChI=1S/C18H18N6.ClH/c19-17-15(10-22-18(20)23-17)11-24-7-5-13-8-12(3-4-16(13)24)14-2-1-6-21-9-14;/h1-4,6,8-10H,5,7,11H2,(H4,19,20,22,23);1H. The van der Waals surface area contributed by atoms with E-state index in [-0.39, 0.29) is 18.4 Å². The number of nitrogen functional groups attached to an aromatic ring is 2. The van der Waals surface area contributed by atoms with Crippen molar-refractivity contribution in [2.75, 3.05) is 22.9 Å². The van der Waals surface area contributed by atoms with Crippen molar-refractivity contribution in [1.82, 2.24) is 15.0 Å². The van der Waals surface area contributed by atoms with Crippen molar-refractivity contribution >= 4 is 29.9 Å². The summed E-state index contributed by atoms with van der Waals surface area (Å²) >= 11 is 0. The number of anilines is 3. The molecule has 1 aliphatic rings. The quantitative estimate of drug-likeness (QED) is 0.751. The molecule has 3 aromatic rings. The highest BCUT2D eigenvalue weighted by Crippen LogP contribution is 2.33. The third-order valence-electron chi connectivity index (χ3n) is 4.34. The lowest BCUT2D eigenvalue weighted by atomic mass is 10.0. The van der Waals surface area contributed by atoms with Crippen LogP contribution in [-0.4, -0.2) is 21.5 Å². The number of hydrogen-bond donors (Lipinski definition) is 2. The lowest BCUT2D eigenvalue weighted by molar-refractivity contribution is 0.830. The van der Waals surface area contributed by atoms with Gasteiger partial charge in [-0.25, -0.2) is 4.98 Å². The summed E-state index contributed by atoms with van der Waals surface area (Å²) in [6.45, 7) is 1.64. The summed E-state index contributed by atoms with van der Waals surface area (Å²) in [6.07, 6.45) is 6.40. The van der Waals surface area contributed by atoms with E-state index in [1.54, 1.807) is 12.4 Å². The van der Waals surface area contributed by atoms with E-state index in [2.05, 4.69) is 44.1 Å². The van der Waals surface area contributed by atoms with Gasteiger partial charge in [0.05, 0.1) is 0 Å². The molecule has 2 aromatic heterocycles. The van der Waals surface area contributed by atoms with Gasteiger partial charge in [-0.2, -0.15) is 4.98 Å². The van der Waals surface area contributed by atoms with Crippen LogP contribution in [0, 0.1) is 0 Å². The maximum absolute atomic E-state index is 5.95. The first kappa shape index (κ1) is 17.0. The highest BCUT2D eigenvalue weighted by Gasteiger charge is 2.20. The number of rotatable bonds is 3. The van der Waals surface area contributed by atoms with Gasteiger partial charge in [-0.1, -0.05) is 12.1 Å². The summed E-state index contributed by atoms with van der Waals surface area (Å²) < 4.78 is 0. The van der Waals surface area contributed by atoms with Crippen molar-refractivity contribution in [1.29, 1.82) is 0 Å². The number of nitrogens with two attached hydrogens (primary N) is 2. The molecule has 0 radical (unpaired) electrons. The Morgan fingerprint density at radius 2 is 1.96 bits per heavy atom. The van der Waals surface area contributed by atoms with E-state index in [0.717, 1.165) is 24.1 Å². The second-order valence-electron chi connectivity index (χ2n) is 5.90. The summed E-state index contributed by atoms with van der Waals surface area (Å²) in [5.74, 6) is 0.655. The molecule has 6 nitrogen and oxygen atoms in total. The summed E-state index contributed by atoms with van der Waals surface area (Å²) in [4.78, 5) is 14.6. The van der Waals surface area contributed by atoms with E-state index in [1.165, 1.54) is 16.8 Å². The van der Waals surface area contributed by atoms with E-state index in [9.17, 15) is 0 Å². The third kappa shape index (κ3) is 3.34.